The van der Waals surface area contributed by atoms with E-state index in [0.29, 0.717) is 0 Å². The monoisotopic (exact) mass is 205 g/mol. The zero-order valence-corrected chi connectivity index (χ0v) is 10.6. The first-order valence-electron chi connectivity index (χ1n) is 3.97. The van der Waals surface area contributed by atoms with Crippen molar-refractivity contribution in [1.82, 2.24) is 4.98 Å². The van der Waals surface area contributed by atoms with Gasteiger partial charge in [-0.15, -0.1) is 0 Å². The van der Waals surface area contributed by atoms with Gasteiger partial charge in [-0.25, -0.2) is 4.98 Å². The molecule has 2 rings (SSSR count). The van der Waals surface area contributed by atoms with Gasteiger partial charge in [0.2, 0.25) is 5.89 Å². The fraction of sp³-hybridized carbons (Fsp3) is 0.500. The maximum atomic E-state index is 10.4. The summed E-state index contributed by atoms with van der Waals surface area (Å²) in [6.07, 6.45) is 3.74. The minimum atomic E-state index is -1.33. The normalized spacial score (nSPS) is 14.5. The Labute approximate surface area is 118 Å². The van der Waals surface area contributed by atoms with E-state index in [2.05, 4.69) is 4.98 Å². The number of carboxylic acid groups (broad SMARTS) is 1. The van der Waals surface area contributed by atoms with Crippen molar-refractivity contribution in [2.24, 2.45) is 0 Å². The van der Waals surface area contributed by atoms with Gasteiger partial charge in [0.25, 0.3) is 0 Å². The van der Waals surface area contributed by atoms with E-state index in [1.165, 1.54) is 0 Å². The molecule has 0 saturated carbocycles. The van der Waals surface area contributed by atoms with Crippen molar-refractivity contribution in [3.8, 4) is 0 Å². The molecule has 1 aliphatic rings. The molecule has 1 aliphatic carbocycles. The van der Waals surface area contributed by atoms with Gasteiger partial charge in [-0.3, -0.25) is 0 Å². The van der Waals surface area contributed by atoms with Crippen LogP contribution in [0.4, 0.5) is 0 Å². The van der Waals surface area contributed by atoms with Crippen molar-refractivity contribution in [3.05, 3.63) is 17.3 Å². The van der Waals surface area contributed by atoms with Crippen LogP contribution in [0, 0.1) is 0 Å². The molecule has 5 heteroatoms. The van der Waals surface area contributed by atoms with Crippen molar-refractivity contribution in [3.63, 3.8) is 0 Å². The number of carbonyl (C=O) groups is 1. The minimum absolute atomic E-state index is 0. The summed E-state index contributed by atoms with van der Waals surface area (Å²) in [6, 6.07) is 0. The number of oxazole rings is 1. The van der Waals surface area contributed by atoms with Crippen LogP contribution in [0.1, 0.15) is 35.0 Å². The van der Waals surface area contributed by atoms with Crippen LogP contribution in [0.3, 0.4) is 0 Å². The zero-order valence-electron chi connectivity index (χ0n) is 7.50. The van der Waals surface area contributed by atoms with Crippen LogP contribution < -0.4 is 56.5 Å². The maximum absolute atomic E-state index is 10.4. The summed E-state index contributed by atoms with van der Waals surface area (Å²) in [5, 5.41) is 10.4. The second kappa shape index (κ2) is 4.70. The number of hydrogen-bond acceptors (Lipinski definition) is 4. The summed E-state index contributed by atoms with van der Waals surface area (Å²) in [6.45, 7) is 0. The van der Waals surface area contributed by atoms with Gasteiger partial charge >= 0.3 is 51.4 Å². The van der Waals surface area contributed by atoms with E-state index in [9.17, 15) is 9.90 Å². The van der Waals surface area contributed by atoms with Crippen LogP contribution in [-0.2, 0) is 12.8 Å². The molecule has 64 valence electrons. The van der Waals surface area contributed by atoms with Gasteiger partial charge in [0, 0.05) is 6.42 Å². The molecule has 4 nitrogen and oxygen atoms in total. The average molecular weight is 205 g/mol. The molecule has 1 aromatic rings. The zero-order chi connectivity index (χ0) is 8.55. The minimum Gasteiger partial charge on any atom is -0.540 e. The molecule has 1 heterocycles. The van der Waals surface area contributed by atoms with Gasteiger partial charge in [-0.05, 0) is 19.3 Å². The molecular formula is C8H8KNO3. The van der Waals surface area contributed by atoms with E-state index in [1.54, 1.807) is 0 Å². The van der Waals surface area contributed by atoms with E-state index in [0.717, 1.165) is 37.1 Å². The quantitative estimate of drug-likeness (QED) is 0.456. The number of hydrogen-bond donors (Lipinski definition) is 0. The van der Waals surface area contributed by atoms with Crippen LogP contribution in [0.25, 0.3) is 0 Å². The smallest absolute Gasteiger partial charge is 0.540 e. The van der Waals surface area contributed by atoms with Crippen LogP contribution in [0.15, 0.2) is 4.42 Å². The summed E-state index contributed by atoms with van der Waals surface area (Å²) in [5.74, 6) is -0.883. The molecule has 0 unspecified atom stereocenters. The largest absolute Gasteiger partial charge is 1.00 e. The molecule has 1 aromatic heterocycles. The third-order valence-electron chi connectivity index (χ3n) is 2.02. The number of fused-ring (bicyclic) bond motifs is 1. The Morgan fingerprint density at radius 1 is 1.38 bits per heavy atom. The van der Waals surface area contributed by atoms with E-state index >= 15 is 0 Å². The van der Waals surface area contributed by atoms with Crippen LogP contribution in [0.2, 0.25) is 0 Å². The summed E-state index contributed by atoms with van der Waals surface area (Å²) in [7, 11) is 0. The number of carboxylic acids is 1. The first-order chi connectivity index (χ1) is 5.77. The number of carbonyl (C=O) groups excluding carboxylic acids is 1. The van der Waals surface area contributed by atoms with Crippen molar-refractivity contribution in [2.75, 3.05) is 0 Å². The summed E-state index contributed by atoms with van der Waals surface area (Å²) < 4.78 is 4.99. The van der Waals surface area contributed by atoms with Crippen molar-refractivity contribution < 1.29 is 65.7 Å². The first kappa shape index (κ1) is 11.4. The molecule has 0 N–H and O–H groups in total. The van der Waals surface area contributed by atoms with Crippen LogP contribution in [0.5, 0.6) is 0 Å². The molecule has 0 aliphatic heterocycles. The second-order valence-electron chi connectivity index (χ2n) is 2.88. The van der Waals surface area contributed by atoms with Gasteiger partial charge in [-0.1, -0.05) is 0 Å². The number of aromatic carboxylic acids is 1. The Balaban J connectivity index is 0.000000845. The molecule has 0 aromatic carbocycles. The molecule has 0 atom stereocenters. The predicted octanol–water partition coefficient (Wildman–Crippen LogP) is -3.08. The fourth-order valence-corrected chi connectivity index (χ4v) is 1.44. The fourth-order valence-electron chi connectivity index (χ4n) is 1.44. The number of aromatic nitrogens is 1. The molecule has 0 bridgehead atoms. The SMILES string of the molecule is O=C([O-])c1nc2c(o1)CCCC2.[K+]. The van der Waals surface area contributed by atoms with Gasteiger partial charge in [0.05, 0.1) is 5.69 Å². The van der Waals surface area contributed by atoms with E-state index < -0.39 is 5.97 Å². The summed E-state index contributed by atoms with van der Waals surface area (Å²) >= 11 is 0. The van der Waals surface area contributed by atoms with E-state index in [1.807, 2.05) is 0 Å². The number of nitrogens with zero attached hydrogens (tertiary/aromatic N) is 1. The topological polar surface area (TPSA) is 66.2 Å². The Morgan fingerprint density at radius 2 is 2.08 bits per heavy atom. The third kappa shape index (κ3) is 2.41. The molecule has 0 radical (unpaired) electrons. The van der Waals surface area contributed by atoms with Gasteiger partial charge in [-0.2, -0.15) is 0 Å². The van der Waals surface area contributed by atoms with Crippen molar-refractivity contribution in [1.29, 1.82) is 0 Å². The average Bonchev–Trinajstić information content (AvgIpc) is 2.46. The predicted molar refractivity (Wildman–Crippen MR) is 37.5 cm³/mol. The third-order valence-corrected chi connectivity index (χ3v) is 2.02. The van der Waals surface area contributed by atoms with E-state index in [-0.39, 0.29) is 57.3 Å². The molecule has 13 heavy (non-hydrogen) atoms. The number of aryl methyl sites for hydroxylation is 2. The summed E-state index contributed by atoms with van der Waals surface area (Å²) in [5.41, 5.74) is 0.792. The Kier molecular flexibility index (Phi) is 4.12. The van der Waals surface area contributed by atoms with Crippen molar-refractivity contribution >= 4 is 5.97 Å². The van der Waals surface area contributed by atoms with Gasteiger partial charge in [0.1, 0.15) is 11.7 Å². The van der Waals surface area contributed by atoms with E-state index in [4.69, 9.17) is 4.42 Å². The Bertz CT molecular complexity index is 298. The molecule has 0 spiro atoms. The van der Waals surface area contributed by atoms with Crippen LogP contribution in [-0.4, -0.2) is 11.0 Å². The molecular weight excluding hydrogens is 197 g/mol. The summed E-state index contributed by atoms with van der Waals surface area (Å²) in [4.78, 5) is 14.2. The van der Waals surface area contributed by atoms with Crippen molar-refractivity contribution in [2.45, 2.75) is 25.7 Å². The molecule has 0 saturated heterocycles. The molecule has 0 fully saturated rings. The maximum Gasteiger partial charge on any atom is 1.00 e. The first-order valence-corrected chi connectivity index (χ1v) is 3.97. The van der Waals surface area contributed by atoms with Crippen LogP contribution >= 0.6 is 0 Å². The Morgan fingerprint density at radius 3 is 2.69 bits per heavy atom. The standard InChI is InChI=1S/C8H9NO3.K/c10-8(11)7-9-5-3-1-2-4-6(5)12-7;/h1-4H2,(H,10,11);/q;+1/p-1. The Hall–Kier alpha value is 0.316. The molecule has 0 amide bonds. The van der Waals surface area contributed by atoms with Gasteiger partial charge in [0.15, 0.2) is 0 Å². The number of rotatable bonds is 1. The van der Waals surface area contributed by atoms with Gasteiger partial charge < -0.3 is 14.3 Å². The second-order valence-corrected chi connectivity index (χ2v) is 2.88.